The highest BCUT2D eigenvalue weighted by molar-refractivity contribution is 5.13. The molecule has 2 heteroatoms. The van der Waals surface area contributed by atoms with Crippen molar-refractivity contribution in [3.05, 3.63) is 35.9 Å². The van der Waals surface area contributed by atoms with Crippen LogP contribution in [0.4, 0.5) is 0 Å². The summed E-state index contributed by atoms with van der Waals surface area (Å²) in [5, 5.41) is 0. The third kappa shape index (κ3) is 4.63. The molecular formula is C17H28NO+. The average Bonchev–Trinajstić information content (AvgIpc) is 2.46. The van der Waals surface area contributed by atoms with Gasteiger partial charge in [-0.3, -0.25) is 0 Å². The van der Waals surface area contributed by atoms with Crippen molar-refractivity contribution >= 4 is 0 Å². The van der Waals surface area contributed by atoms with E-state index in [4.69, 9.17) is 4.74 Å². The summed E-state index contributed by atoms with van der Waals surface area (Å²) < 4.78 is 7.02. The second-order valence-corrected chi connectivity index (χ2v) is 6.18. The molecule has 1 aromatic rings. The van der Waals surface area contributed by atoms with Gasteiger partial charge < -0.3 is 9.22 Å². The number of hydrogen-bond donors (Lipinski definition) is 0. The molecule has 1 fully saturated rings. The number of nitrogens with zero attached hydrogens (tertiary/aromatic N) is 1. The van der Waals surface area contributed by atoms with E-state index in [0.717, 1.165) is 25.7 Å². The van der Waals surface area contributed by atoms with E-state index >= 15 is 0 Å². The van der Waals surface area contributed by atoms with Crippen LogP contribution < -0.4 is 0 Å². The van der Waals surface area contributed by atoms with Gasteiger partial charge in [-0.15, -0.1) is 0 Å². The summed E-state index contributed by atoms with van der Waals surface area (Å²) >= 11 is 0. The molecule has 1 heterocycles. The molecule has 2 rings (SSSR count). The predicted octanol–water partition coefficient (Wildman–Crippen LogP) is 3.47. The van der Waals surface area contributed by atoms with E-state index in [1.807, 2.05) is 6.07 Å². The number of likely N-dealkylation sites (N-methyl/N-ethyl adjacent to an activating group) is 1. The minimum atomic E-state index is 0.748. The van der Waals surface area contributed by atoms with E-state index in [2.05, 4.69) is 38.2 Å². The summed E-state index contributed by atoms with van der Waals surface area (Å²) in [6.07, 6.45) is 4.14. The molecule has 0 aliphatic carbocycles. The molecule has 1 aromatic carbocycles. The lowest BCUT2D eigenvalue weighted by atomic mass is 9.93. The maximum Gasteiger partial charge on any atom is 0.102 e. The lowest BCUT2D eigenvalue weighted by Gasteiger charge is -2.40. The number of ether oxygens (including phenoxy) is 1. The zero-order valence-electron chi connectivity index (χ0n) is 12.5. The largest absolute Gasteiger partial charge is 0.371 e. The highest BCUT2D eigenvalue weighted by Gasteiger charge is 2.28. The van der Waals surface area contributed by atoms with Crippen LogP contribution in [0, 0.1) is 5.92 Å². The van der Waals surface area contributed by atoms with Gasteiger partial charge in [0.25, 0.3) is 0 Å². The first-order valence-corrected chi connectivity index (χ1v) is 7.67. The zero-order chi connectivity index (χ0) is 13.6. The fraction of sp³-hybridized carbons (Fsp3) is 0.647. The van der Waals surface area contributed by atoms with E-state index in [0.29, 0.717) is 0 Å². The minimum absolute atomic E-state index is 0.748. The highest BCUT2D eigenvalue weighted by atomic mass is 16.5. The number of hydrogen-bond acceptors (Lipinski definition) is 1. The SMILES string of the molecule is CCC1CC[N+](C)(CCOCc2ccccc2)CC1. The number of likely N-dealkylation sites (tertiary alicyclic amines) is 1. The first-order chi connectivity index (χ1) is 9.22. The molecule has 0 unspecified atom stereocenters. The first kappa shape index (κ1) is 14.5. The van der Waals surface area contributed by atoms with Crippen LogP contribution in [0.1, 0.15) is 31.7 Å². The summed E-state index contributed by atoms with van der Waals surface area (Å²) in [4.78, 5) is 0. The molecule has 0 saturated carbocycles. The second kappa shape index (κ2) is 7.06. The Kier molecular flexibility index (Phi) is 5.41. The molecule has 1 aliphatic heterocycles. The molecule has 19 heavy (non-hydrogen) atoms. The molecular weight excluding hydrogens is 234 g/mol. The van der Waals surface area contributed by atoms with Gasteiger partial charge in [0, 0.05) is 0 Å². The number of rotatable bonds is 6. The van der Waals surface area contributed by atoms with Crippen LogP contribution in [0.3, 0.4) is 0 Å². The van der Waals surface area contributed by atoms with Gasteiger partial charge in [0.2, 0.25) is 0 Å². The number of piperidine rings is 1. The van der Waals surface area contributed by atoms with Gasteiger partial charge >= 0.3 is 0 Å². The highest BCUT2D eigenvalue weighted by Crippen LogP contribution is 2.23. The summed E-state index contributed by atoms with van der Waals surface area (Å²) in [6, 6.07) is 10.4. The van der Waals surface area contributed by atoms with Crippen molar-refractivity contribution in [3.63, 3.8) is 0 Å². The Hall–Kier alpha value is -0.860. The van der Waals surface area contributed by atoms with Gasteiger partial charge in [-0.1, -0.05) is 43.7 Å². The van der Waals surface area contributed by atoms with Crippen LogP contribution in [-0.4, -0.2) is 37.8 Å². The Bertz CT molecular complexity index is 355. The molecule has 0 N–H and O–H groups in total. The number of quaternary nitrogens is 1. The Balaban J connectivity index is 1.65. The molecule has 0 amide bonds. The molecule has 0 bridgehead atoms. The topological polar surface area (TPSA) is 9.23 Å². The normalized spacial score (nSPS) is 27.4. The first-order valence-electron chi connectivity index (χ1n) is 7.67. The van der Waals surface area contributed by atoms with Crippen LogP contribution in [0.2, 0.25) is 0 Å². The van der Waals surface area contributed by atoms with E-state index in [1.165, 1.54) is 42.4 Å². The van der Waals surface area contributed by atoms with Crippen LogP contribution in [0.5, 0.6) is 0 Å². The molecule has 0 spiro atoms. The van der Waals surface area contributed by atoms with E-state index in [9.17, 15) is 0 Å². The standard InChI is InChI=1S/C17H28NO/c1-3-16-9-11-18(2,12-10-16)13-14-19-15-17-7-5-4-6-8-17/h4-8,16H,3,9-15H2,1-2H3/q+1. The van der Waals surface area contributed by atoms with E-state index < -0.39 is 0 Å². The van der Waals surface area contributed by atoms with E-state index in [-0.39, 0.29) is 0 Å². The van der Waals surface area contributed by atoms with Gasteiger partial charge in [0.05, 0.1) is 33.4 Å². The fourth-order valence-electron chi connectivity index (χ4n) is 2.93. The summed E-state index contributed by atoms with van der Waals surface area (Å²) in [5.41, 5.74) is 1.27. The van der Waals surface area contributed by atoms with Gasteiger partial charge in [-0.25, -0.2) is 0 Å². The summed E-state index contributed by atoms with van der Waals surface area (Å²) in [6.45, 7) is 7.76. The minimum Gasteiger partial charge on any atom is -0.371 e. The Morgan fingerprint density at radius 2 is 1.84 bits per heavy atom. The van der Waals surface area contributed by atoms with Crippen molar-refractivity contribution in [3.8, 4) is 0 Å². The second-order valence-electron chi connectivity index (χ2n) is 6.18. The van der Waals surface area contributed by atoms with Crippen molar-refractivity contribution in [1.29, 1.82) is 0 Å². The monoisotopic (exact) mass is 262 g/mol. The van der Waals surface area contributed by atoms with Crippen LogP contribution in [0.25, 0.3) is 0 Å². The van der Waals surface area contributed by atoms with Crippen molar-refractivity contribution in [2.75, 3.05) is 33.3 Å². The molecule has 106 valence electrons. The zero-order valence-corrected chi connectivity index (χ0v) is 12.5. The third-order valence-corrected chi connectivity index (χ3v) is 4.62. The maximum absolute atomic E-state index is 5.83. The molecule has 1 saturated heterocycles. The lowest BCUT2D eigenvalue weighted by molar-refractivity contribution is -0.915. The van der Waals surface area contributed by atoms with Crippen LogP contribution >= 0.6 is 0 Å². The average molecular weight is 262 g/mol. The quantitative estimate of drug-likeness (QED) is 0.563. The fourth-order valence-corrected chi connectivity index (χ4v) is 2.93. The third-order valence-electron chi connectivity index (χ3n) is 4.62. The van der Waals surface area contributed by atoms with Gasteiger partial charge in [0.15, 0.2) is 0 Å². The van der Waals surface area contributed by atoms with Crippen molar-refractivity contribution in [1.82, 2.24) is 0 Å². The summed E-state index contributed by atoms with van der Waals surface area (Å²) in [7, 11) is 2.39. The Morgan fingerprint density at radius 3 is 2.47 bits per heavy atom. The van der Waals surface area contributed by atoms with Crippen molar-refractivity contribution in [2.45, 2.75) is 32.8 Å². The van der Waals surface area contributed by atoms with Crippen molar-refractivity contribution < 1.29 is 9.22 Å². The summed E-state index contributed by atoms with van der Waals surface area (Å²) in [5.74, 6) is 0.969. The molecule has 0 aromatic heterocycles. The predicted molar refractivity (Wildman–Crippen MR) is 79.9 cm³/mol. The van der Waals surface area contributed by atoms with E-state index in [1.54, 1.807) is 0 Å². The molecule has 2 nitrogen and oxygen atoms in total. The van der Waals surface area contributed by atoms with Gasteiger partial charge in [0.1, 0.15) is 6.54 Å². The van der Waals surface area contributed by atoms with Crippen LogP contribution in [0.15, 0.2) is 30.3 Å². The lowest BCUT2D eigenvalue weighted by Crippen LogP contribution is -2.51. The molecule has 1 aliphatic rings. The van der Waals surface area contributed by atoms with Crippen molar-refractivity contribution in [2.24, 2.45) is 5.92 Å². The van der Waals surface area contributed by atoms with Gasteiger partial charge in [-0.05, 0) is 24.3 Å². The Morgan fingerprint density at radius 1 is 1.16 bits per heavy atom. The number of benzene rings is 1. The molecule has 0 atom stereocenters. The van der Waals surface area contributed by atoms with Gasteiger partial charge in [-0.2, -0.15) is 0 Å². The Labute approximate surface area is 118 Å². The smallest absolute Gasteiger partial charge is 0.102 e. The van der Waals surface area contributed by atoms with Crippen LogP contribution in [-0.2, 0) is 11.3 Å². The maximum atomic E-state index is 5.83. The molecule has 0 radical (unpaired) electrons.